The molecule has 0 spiro atoms. The molecule has 4 rings (SSSR count). The normalized spacial score (nSPS) is 15.0. The summed E-state index contributed by atoms with van der Waals surface area (Å²) in [6, 6.07) is 17.7. The van der Waals surface area contributed by atoms with E-state index in [4.69, 9.17) is 28.4 Å². The van der Waals surface area contributed by atoms with Gasteiger partial charge in [-0.15, -0.1) is 0 Å². The Kier molecular flexibility index (Phi) is 11.0. The quantitative estimate of drug-likeness (QED) is 0.197. The third kappa shape index (κ3) is 8.24. The van der Waals surface area contributed by atoms with Crippen LogP contribution >= 0.6 is 0 Å². The fourth-order valence-corrected chi connectivity index (χ4v) is 4.88. The van der Waals surface area contributed by atoms with Gasteiger partial charge in [-0.25, -0.2) is 4.79 Å². The molecule has 0 amide bonds. The zero-order chi connectivity index (χ0) is 29.2. The minimum Gasteiger partial charge on any atom is -0.495 e. The summed E-state index contributed by atoms with van der Waals surface area (Å²) in [5, 5.41) is 0. The Bertz CT molecular complexity index is 1280. The van der Waals surface area contributed by atoms with Crippen LogP contribution in [0.4, 0.5) is 0 Å². The molecule has 1 heterocycles. The molecule has 1 fully saturated rings. The standard InChI is InChI=1S/C34H42O7/c1-23(2)14-15-26-16-17-28(31(33(26)36-4)34(35)37-5)41-32-27(22-40-30-13-9-10-18-38-30)19-24(3)20-29(32)39-21-25-11-7-6-8-12-25/h6-8,11-12,16-17,19-20,23,30H,9-10,13-15,18,21-22H2,1-5H3. The van der Waals surface area contributed by atoms with Crippen LogP contribution in [0.1, 0.15) is 72.1 Å². The van der Waals surface area contributed by atoms with Gasteiger partial charge in [0.2, 0.25) is 0 Å². The van der Waals surface area contributed by atoms with Gasteiger partial charge in [-0.3, -0.25) is 0 Å². The topological polar surface area (TPSA) is 72.5 Å². The molecule has 0 bridgehead atoms. The van der Waals surface area contributed by atoms with E-state index in [0.717, 1.165) is 54.4 Å². The molecule has 220 valence electrons. The third-order valence-corrected chi connectivity index (χ3v) is 7.07. The number of carbonyl (C=O) groups excluding carboxylic acids is 1. The summed E-state index contributed by atoms with van der Waals surface area (Å²) < 4.78 is 35.8. The summed E-state index contributed by atoms with van der Waals surface area (Å²) >= 11 is 0. The lowest BCUT2D eigenvalue weighted by Crippen LogP contribution is -2.22. The Morgan fingerprint density at radius 3 is 2.44 bits per heavy atom. The lowest BCUT2D eigenvalue weighted by atomic mass is 9.99. The van der Waals surface area contributed by atoms with Gasteiger partial charge in [0.25, 0.3) is 0 Å². The highest BCUT2D eigenvalue weighted by molar-refractivity contribution is 5.96. The van der Waals surface area contributed by atoms with E-state index in [0.29, 0.717) is 42.1 Å². The summed E-state index contributed by atoms with van der Waals surface area (Å²) in [4.78, 5) is 13.1. The van der Waals surface area contributed by atoms with Crippen LogP contribution in [0.3, 0.4) is 0 Å². The van der Waals surface area contributed by atoms with E-state index in [1.54, 1.807) is 13.2 Å². The summed E-state index contributed by atoms with van der Waals surface area (Å²) in [6.45, 7) is 7.66. The molecule has 3 aromatic carbocycles. The van der Waals surface area contributed by atoms with Crippen LogP contribution < -0.4 is 14.2 Å². The Morgan fingerprint density at radius 1 is 0.951 bits per heavy atom. The van der Waals surface area contributed by atoms with E-state index in [2.05, 4.69) is 13.8 Å². The predicted molar refractivity (Wildman–Crippen MR) is 158 cm³/mol. The van der Waals surface area contributed by atoms with E-state index >= 15 is 0 Å². The van der Waals surface area contributed by atoms with Crippen LogP contribution in [-0.2, 0) is 33.8 Å². The molecule has 0 aliphatic carbocycles. The zero-order valence-corrected chi connectivity index (χ0v) is 24.9. The van der Waals surface area contributed by atoms with E-state index in [-0.39, 0.29) is 18.5 Å². The van der Waals surface area contributed by atoms with E-state index in [1.165, 1.54) is 7.11 Å². The van der Waals surface area contributed by atoms with Crippen molar-refractivity contribution in [3.63, 3.8) is 0 Å². The molecule has 1 aliphatic rings. The molecule has 0 saturated carbocycles. The lowest BCUT2D eigenvalue weighted by Gasteiger charge is -2.24. The fourth-order valence-electron chi connectivity index (χ4n) is 4.88. The van der Waals surface area contributed by atoms with Gasteiger partial charge < -0.3 is 28.4 Å². The van der Waals surface area contributed by atoms with Gasteiger partial charge in [-0.1, -0.05) is 50.2 Å². The molecule has 1 aliphatic heterocycles. The van der Waals surface area contributed by atoms with E-state index < -0.39 is 5.97 Å². The first-order valence-electron chi connectivity index (χ1n) is 14.4. The van der Waals surface area contributed by atoms with Crippen molar-refractivity contribution in [1.82, 2.24) is 0 Å². The molecular formula is C34H42O7. The Balaban J connectivity index is 1.74. The maximum atomic E-state index is 13.1. The zero-order valence-electron chi connectivity index (χ0n) is 24.9. The summed E-state index contributed by atoms with van der Waals surface area (Å²) in [7, 11) is 2.92. The maximum absolute atomic E-state index is 13.1. The molecule has 7 heteroatoms. The smallest absolute Gasteiger partial charge is 0.345 e. The summed E-state index contributed by atoms with van der Waals surface area (Å²) in [5.74, 6) is 1.79. The first-order valence-corrected chi connectivity index (χ1v) is 14.4. The number of methoxy groups -OCH3 is 2. The largest absolute Gasteiger partial charge is 0.495 e. The number of esters is 1. The van der Waals surface area contributed by atoms with E-state index in [1.807, 2.05) is 55.5 Å². The predicted octanol–water partition coefficient (Wildman–Crippen LogP) is 7.79. The fraction of sp³-hybridized carbons (Fsp3) is 0.441. The van der Waals surface area contributed by atoms with Crippen molar-refractivity contribution in [2.75, 3.05) is 20.8 Å². The highest BCUT2D eigenvalue weighted by atomic mass is 16.7. The van der Waals surface area contributed by atoms with Crippen LogP contribution in [0.15, 0.2) is 54.6 Å². The molecule has 41 heavy (non-hydrogen) atoms. The van der Waals surface area contributed by atoms with Crippen LogP contribution in [0.2, 0.25) is 0 Å². The molecule has 0 radical (unpaired) electrons. The van der Waals surface area contributed by atoms with Crippen molar-refractivity contribution in [2.45, 2.75) is 72.4 Å². The Hall–Kier alpha value is -3.55. The number of hydrogen-bond donors (Lipinski definition) is 0. The van der Waals surface area contributed by atoms with Crippen LogP contribution in [-0.4, -0.2) is 33.1 Å². The summed E-state index contributed by atoms with van der Waals surface area (Å²) in [5.41, 5.74) is 3.99. The molecule has 3 aromatic rings. The molecule has 0 aromatic heterocycles. The average Bonchev–Trinajstić information content (AvgIpc) is 2.99. The molecule has 7 nitrogen and oxygen atoms in total. The molecule has 1 saturated heterocycles. The Morgan fingerprint density at radius 2 is 1.76 bits per heavy atom. The van der Waals surface area contributed by atoms with Crippen molar-refractivity contribution in [2.24, 2.45) is 5.92 Å². The highest BCUT2D eigenvalue weighted by Gasteiger charge is 2.26. The third-order valence-electron chi connectivity index (χ3n) is 7.07. The van der Waals surface area contributed by atoms with E-state index in [9.17, 15) is 4.79 Å². The van der Waals surface area contributed by atoms with Crippen LogP contribution in [0.25, 0.3) is 0 Å². The van der Waals surface area contributed by atoms with Gasteiger partial charge >= 0.3 is 5.97 Å². The van der Waals surface area contributed by atoms with Gasteiger partial charge in [-0.05, 0) is 79.8 Å². The number of aryl methyl sites for hydroxylation is 2. The second-order valence-electron chi connectivity index (χ2n) is 10.8. The average molecular weight is 563 g/mol. The van der Waals surface area contributed by atoms with Crippen LogP contribution in [0, 0.1) is 12.8 Å². The Labute approximate surface area is 243 Å². The van der Waals surface area contributed by atoms with Gasteiger partial charge in [-0.2, -0.15) is 0 Å². The number of hydrogen-bond acceptors (Lipinski definition) is 7. The van der Waals surface area contributed by atoms with Crippen molar-refractivity contribution in [3.8, 4) is 23.0 Å². The van der Waals surface area contributed by atoms with Crippen LogP contribution in [0.5, 0.6) is 23.0 Å². The lowest BCUT2D eigenvalue weighted by molar-refractivity contribution is -0.169. The van der Waals surface area contributed by atoms with Gasteiger partial charge in [0.15, 0.2) is 17.8 Å². The van der Waals surface area contributed by atoms with Crippen molar-refractivity contribution in [3.05, 3.63) is 82.4 Å². The number of benzene rings is 3. The van der Waals surface area contributed by atoms with Crippen molar-refractivity contribution < 1.29 is 33.2 Å². The number of carbonyl (C=O) groups is 1. The number of ether oxygens (including phenoxy) is 6. The highest BCUT2D eigenvalue weighted by Crippen LogP contribution is 2.42. The SMILES string of the molecule is COC(=O)c1c(Oc2c(COC3CCCCO3)cc(C)cc2OCc2ccccc2)ccc(CCC(C)C)c1OC. The number of rotatable bonds is 13. The minimum absolute atomic E-state index is 0.244. The first-order chi connectivity index (χ1) is 19.9. The summed E-state index contributed by atoms with van der Waals surface area (Å²) in [6.07, 6.45) is 4.41. The molecule has 0 N–H and O–H groups in total. The van der Waals surface area contributed by atoms with Gasteiger partial charge in [0.05, 0.1) is 20.8 Å². The second kappa shape index (κ2) is 14.9. The van der Waals surface area contributed by atoms with Crippen molar-refractivity contribution >= 4 is 5.97 Å². The first kappa shape index (κ1) is 30.4. The monoisotopic (exact) mass is 562 g/mol. The second-order valence-corrected chi connectivity index (χ2v) is 10.8. The molecule has 1 unspecified atom stereocenters. The van der Waals surface area contributed by atoms with Crippen molar-refractivity contribution in [1.29, 1.82) is 0 Å². The molecule has 1 atom stereocenters. The van der Waals surface area contributed by atoms with Gasteiger partial charge in [0.1, 0.15) is 23.7 Å². The maximum Gasteiger partial charge on any atom is 0.345 e. The molecular weight excluding hydrogens is 520 g/mol. The minimum atomic E-state index is -0.532. The van der Waals surface area contributed by atoms with Gasteiger partial charge in [0, 0.05) is 12.2 Å².